The highest BCUT2D eigenvalue weighted by Gasteiger charge is 2.24. The molecule has 0 radical (unpaired) electrons. The summed E-state index contributed by atoms with van der Waals surface area (Å²) >= 11 is 0. The van der Waals surface area contributed by atoms with E-state index in [-0.39, 0.29) is 5.97 Å². The Morgan fingerprint density at radius 1 is 1.54 bits per heavy atom. The van der Waals surface area contributed by atoms with Crippen molar-refractivity contribution in [2.75, 3.05) is 6.61 Å². The SMILES string of the molecule is CC(C)(C)C(=O)OC1=CCOC=C1. The molecule has 1 aliphatic rings. The lowest BCUT2D eigenvalue weighted by Crippen LogP contribution is -2.22. The van der Waals surface area contributed by atoms with E-state index in [9.17, 15) is 4.79 Å². The van der Waals surface area contributed by atoms with Crippen LogP contribution in [0.15, 0.2) is 24.2 Å². The maximum Gasteiger partial charge on any atom is 0.316 e. The summed E-state index contributed by atoms with van der Waals surface area (Å²) in [5, 5.41) is 0. The van der Waals surface area contributed by atoms with E-state index in [4.69, 9.17) is 9.47 Å². The Kier molecular flexibility index (Phi) is 2.76. The van der Waals surface area contributed by atoms with Crippen LogP contribution >= 0.6 is 0 Å². The van der Waals surface area contributed by atoms with Crippen molar-refractivity contribution in [2.45, 2.75) is 20.8 Å². The van der Waals surface area contributed by atoms with Gasteiger partial charge < -0.3 is 9.47 Å². The van der Waals surface area contributed by atoms with Gasteiger partial charge in [0.2, 0.25) is 0 Å². The second kappa shape index (κ2) is 3.64. The van der Waals surface area contributed by atoms with Crippen LogP contribution in [0.5, 0.6) is 0 Å². The van der Waals surface area contributed by atoms with Gasteiger partial charge in [-0.05, 0) is 26.8 Å². The van der Waals surface area contributed by atoms with Gasteiger partial charge in [0, 0.05) is 6.08 Å². The van der Waals surface area contributed by atoms with E-state index in [2.05, 4.69) is 0 Å². The van der Waals surface area contributed by atoms with Crippen LogP contribution in [0.2, 0.25) is 0 Å². The maximum atomic E-state index is 11.4. The lowest BCUT2D eigenvalue weighted by atomic mass is 9.97. The Labute approximate surface area is 78.0 Å². The molecule has 72 valence electrons. The minimum Gasteiger partial charge on any atom is -0.497 e. The lowest BCUT2D eigenvalue weighted by molar-refractivity contribution is -0.148. The van der Waals surface area contributed by atoms with Crippen molar-refractivity contribution in [1.82, 2.24) is 0 Å². The molecule has 0 amide bonds. The second-order valence-electron chi connectivity index (χ2n) is 3.88. The zero-order valence-corrected chi connectivity index (χ0v) is 8.16. The van der Waals surface area contributed by atoms with Crippen molar-refractivity contribution < 1.29 is 14.3 Å². The van der Waals surface area contributed by atoms with Gasteiger partial charge in [0.05, 0.1) is 11.7 Å². The van der Waals surface area contributed by atoms with Crippen LogP contribution in [-0.4, -0.2) is 12.6 Å². The topological polar surface area (TPSA) is 35.5 Å². The molecule has 0 fully saturated rings. The summed E-state index contributed by atoms with van der Waals surface area (Å²) in [7, 11) is 0. The Bertz CT molecular complexity index is 256. The average Bonchev–Trinajstić information content (AvgIpc) is 2.04. The van der Waals surface area contributed by atoms with E-state index in [1.807, 2.05) is 20.8 Å². The van der Waals surface area contributed by atoms with Crippen LogP contribution < -0.4 is 0 Å². The quantitative estimate of drug-likeness (QED) is 0.582. The molecular weight excluding hydrogens is 168 g/mol. The standard InChI is InChI=1S/C10H14O3/c1-10(2,3)9(11)13-8-4-6-12-7-5-8/h4-6H,7H2,1-3H3. The van der Waals surface area contributed by atoms with E-state index in [1.165, 1.54) is 6.26 Å². The van der Waals surface area contributed by atoms with Gasteiger partial charge in [-0.2, -0.15) is 0 Å². The van der Waals surface area contributed by atoms with Crippen molar-refractivity contribution in [1.29, 1.82) is 0 Å². The predicted molar refractivity (Wildman–Crippen MR) is 48.7 cm³/mol. The minimum atomic E-state index is -0.465. The van der Waals surface area contributed by atoms with E-state index in [0.717, 1.165) is 0 Å². The van der Waals surface area contributed by atoms with Crippen molar-refractivity contribution in [2.24, 2.45) is 5.41 Å². The fourth-order valence-corrected chi connectivity index (χ4v) is 0.705. The van der Waals surface area contributed by atoms with Crippen molar-refractivity contribution in [3.8, 4) is 0 Å². The zero-order valence-electron chi connectivity index (χ0n) is 8.16. The smallest absolute Gasteiger partial charge is 0.316 e. The van der Waals surface area contributed by atoms with Crippen LogP contribution in [0.1, 0.15) is 20.8 Å². The third kappa shape index (κ3) is 2.93. The molecule has 0 atom stereocenters. The fourth-order valence-electron chi connectivity index (χ4n) is 0.705. The van der Waals surface area contributed by atoms with Crippen molar-refractivity contribution in [3.05, 3.63) is 24.2 Å². The number of ether oxygens (including phenoxy) is 2. The van der Waals surface area contributed by atoms with Gasteiger partial charge in [-0.25, -0.2) is 0 Å². The van der Waals surface area contributed by atoms with Crippen molar-refractivity contribution in [3.63, 3.8) is 0 Å². The molecule has 13 heavy (non-hydrogen) atoms. The van der Waals surface area contributed by atoms with Crippen LogP contribution in [-0.2, 0) is 14.3 Å². The molecule has 0 aliphatic carbocycles. The molecule has 1 heterocycles. The number of carbonyl (C=O) groups excluding carboxylic acids is 1. The molecule has 0 aromatic rings. The number of hydrogen-bond acceptors (Lipinski definition) is 3. The molecule has 0 saturated heterocycles. The Morgan fingerprint density at radius 2 is 2.23 bits per heavy atom. The lowest BCUT2D eigenvalue weighted by Gasteiger charge is -2.17. The van der Waals surface area contributed by atoms with Crippen molar-refractivity contribution >= 4 is 5.97 Å². The zero-order chi connectivity index (χ0) is 9.90. The summed E-state index contributed by atoms with van der Waals surface area (Å²) in [6.07, 6.45) is 4.88. The second-order valence-corrected chi connectivity index (χ2v) is 3.88. The van der Waals surface area contributed by atoms with Crippen LogP contribution in [0, 0.1) is 5.41 Å². The molecule has 0 saturated carbocycles. The first-order chi connectivity index (χ1) is 6.00. The number of esters is 1. The molecule has 0 bridgehead atoms. The summed E-state index contributed by atoms with van der Waals surface area (Å²) in [6, 6.07) is 0. The largest absolute Gasteiger partial charge is 0.497 e. The highest BCUT2D eigenvalue weighted by molar-refractivity contribution is 5.76. The monoisotopic (exact) mass is 182 g/mol. The summed E-state index contributed by atoms with van der Waals surface area (Å²) in [4.78, 5) is 11.4. The first-order valence-corrected chi connectivity index (χ1v) is 4.21. The first-order valence-electron chi connectivity index (χ1n) is 4.21. The summed E-state index contributed by atoms with van der Waals surface area (Å²) in [5.41, 5.74) is -0.465. The highest BCUT2D eigenvalue weighted by atomic mass is 16.5. The van der Waals surface area contributed by atoms with Gasteiger partial charge in [0.15, 0.2) is 0 Å². The van der Waals surface area contributed by atoms with E-state index < -0.39 is 5.41 Å². The van der Waals surface area contributed by atoms with Gasteiger partial charge in [0.1, 0.15) is 12.4 Å². The van der Waals surface area contributed by atoms with Gasteiger partial charge in [0.25, 0.3) is 0 Å². The first kappa shape index (κ1) is 9.84. The molecule has 0 aromatic carbocycles. The fraction of sp³-hybridized carbons (Fsp3) is 0.500. The summed E-state index contributed by atoms with van der Waals surface area (Å²) in [5.74, 6) is 0.330. The Hall–Kier alpha value is -1.25. The molecule has 3 heteroatoms. The van der Waals surface area contributed by atoms with E-state index >= 15 is 0 Å². The van der Waals surface area contributed by atoms with Crippen LogP contribution in [0.4, 0.5) is 0 Å². The number of carbonyl (C=O) groups is 1. The van der Waals surface area contributed by atoms with Gasteiger partial charge in [-0.3, -0.25) is 4.79 Å². The Morgan fingerprint density at radius 3 is 2.69 bits per heavy atom. The van der Waals surface area contributed by atoms with Crippen LogP contribution in [0.25, 0.3) is 0 Å². The van der Waals surface area contributed by atoms with Gasteiger partial charge in [-0.1, -0.05) is 0 Å². The normalized spacial score (nSPS) is 16.1. The molecule has 0 N–H and O–H groups in total. The third-order valence-electron chi connectivity index (χ3n) is 1.53. The summed E-state index contributed by atoms with van der Waals surface area (Å²) in [6.45, 7) is 5.92. The highest BCUT2D eigenvalue weighted by Crippen LogP contribution is 2.18. The molecule has 1 aliphatic heterocycles. The average molecular weight is 182 g/mol. The number of allylic oxidation sites excluding steroid dienone is 1. The molecule has 3 nitrogen and oxygen atoms in total. The molecular formula is C10H14O3. The molecule has 0 spiro atoms. The predicted octanol–water partition coefficient (Wildman–Crippen LogP) is 2.00. The molecule has 1 rings (SSSR count). The maximum absolute atomic E-state index is 11.4. The molecule has 0 aromatic heterocycles. The third-order valence-corrected chi connectivity index (χ3v) is 1.53. The minimum absolute atomic E-state index is 0.231. The van der Waals surface area contributed by atoms with E-state index in [0.29, 0.717) is 12.4 Å². The molecule has 0 unspecified atom stereocenters. The van der Waals surface area contributed by atoms with Gasteiger partial charge >= 0.3 is 5.97 Å². The van der Waals surface area contributed by atoms with Crippen LogP contribution in [0.3, 0.4) is 0 Å². The Balaban J connectivity index is 2.54. The van der Waals surface area contributed by atoms with Gasteiger partial charge in [-0.15, -0.1) is 0 Å². The van der Waals surface area contributed by atoms with E-state index in [1.54, 1.807) is 12.2 Å². The summed E-state index contributed by atoms with van der Waals surface area (Å²) < 4.78 is 10.0. The number of rotatable bonds is 1. The number of hydrogen-bond donors (Lipinski definition) is 0.